The van der Waals surface area contributed by atoms with Crippen molar-refractivity contribution in [1.82, 2.24) is 15.0 Å². The molecule has 3 aliphatic rings. The van der Waals surface area contributed by atoms with Crippen LogP contribution in [-0.4, -0.2) is 58.9 Å². The van der Waals surface area contributed by atoms with Crippen molar-refractivity contribution in [3.8, 4) is 17.0 Å². The van der Waals surface area contributed by atoms with E-state index in [1.54, 1.807) is 12.1 Å². The number of hydrogen-bond acceptors (Lipinski definition) is 8. The molecule has 2 N–H and O–H groups in total. The second kappa shape index (κ2) is 9.70. The van der Waals surface area contributed by atoms with Crippen molar-refractivity contribution in [2.45, 2.75) is 44.6 Å². The summed E-state index contributed by atoms with van der Waals surface area (Å²) in [6.45, 7) is 3.71. The van der Waals surface area contributed by atoms with Crippen LogP contribution in [0.2, 0.25) is 0 Å². The third-order valence-electron chi connectivity index (χ3n) is 7.24. The van der Waals surface area contributed by atoms with Crippen molar-refractivity contribution in [3.05, 3.63) is 48.2 Å². The fourth-order valence-electron chi connectivity index (χ4n) is 5.41. The summed E-state index contributed by atoms with van der Waals surface area (Å²) in [6.07, 6.45) is 9.06. The maximum absolute atomic E-state index is 10.1. The summed E-state index contributed by atoms with van der Waals surface area (Å²) in [6, 6.07) is 12.1. The molecule has 0 unspecified atom stereocenters. The number of fused-ring (bicyclic) bond motifs is 1. The highest BCUT2D eigenvalue weighted by Gasteiger charge is 2.29. The van der Waals surface area contributed by atoms with E-state index in [0.29, 0.717) is 25.2 Å². The van der Waals surface area contributed by atoms with Crippen molar-refractivity contribution in [2.75, 3.05) is 48.0 Å². The van der Waals surface area contributed by atoms with Gasteiger partial charge in [0, 0.05) is 54.8 Å². The fourth-order valence-corrected chi connectivity index (χ4v) is 5.41. The van der Waals surface area contributed by atoms with Gasteiger partial charge in [0.05, 0.1) is 18.9 Å². The van der Waals surface area contributed by atoms with Crippen molar-refractivity contribution in [3.63, 3.8) is 0 Å². The van der Waals surface area contributed by atoms with Gasteiger partial charge < -0.3 is 25.0 Å². The van der Waals surface area contributed by atoms with Gasteiger partial charge in [-0.15, -0.1) is 0 Å². The van der Waals surface area contributed by atoms with Crippen LogP contribution in [-0.2, 0) is 11.2 Å². The molecule has 8 nitrogen and oxygen atoms in total. The van der Waals surface area contributed by atoms with Crippen LogP contribution in [0.4, 0.5) is 23.3 Å². The van der Waals surface area contributed by atoms with Gasteiger partial charge in [-0.3, -0.25) is 0 Å². The Labute approximate surface area is 206 Å². The van der Waals surface area contributed by atoms with Gasteiger partial charge in [0.25, 0.3) is 0 Å². The van der Waals surface area contributed by atoms with E-state index in [-0.39, 0.29) is 5.75 Å². The molecule has 182 valence electrons. The van der Waals surface area contributed by atoms with Crippen molar-refractivity contribution in [1.29, 1.82) is 0 Å². The molecule has 6 rings (SSSR count). The summed E-state index contributed by atoms with van der Waals surface area (Å²) >= 11 is 0. The Balaban J connectivity index is 1.37. The first-order valence-corrected chi connectivity index (χ1v) is 12.8. The smallest absolute Gasteiger partial charge is 0.228 e. The Morgan fingerprint density at radius 3 is 2.66 bits per heavy atom. The van der Waals surface area contributed by atoms with Crippen molar-refractivity contribution < 1.29 is 9.84 Å². The second-order valence-corrected chi connectivity index (χ2v) is 9.60. The second-order valence-electron chi connectivity index (χ2n) is 9.60. The lowest BCUT2D eigenvalue weighted by atomic mass is 9.95. The number of anilines is 4. The van der Waals surface area contributed by atoms with Crippen LogP contribution in [0.5, 0.6) is 5.75 Å². The maximum Gasteiger partial charge on any atom is 0.228 e. The number of rotatable bonds is 5. The van der Waals surface area contributed by atoms with E-state index in [2.05, 4.69) is 32.2 Å². The van der Waals surface area contributed by atoms with E-state index in [1.807, 2.05) is 18.3 Å². The van der Waals surface area contributed by atoms with Crippen LogP contribution in [0.1, 0.15) is 37.7 Å². The first-order chi connectivity index (χ1) is 17.2. The van der Waals surface area contributed by atoms with Gasteiger partial charge in [-0.2, -0.15) is 4.98 Å². The minimum Gasteiger partial charge on any atom is -0.508 e. The Hall–Kier alpha value is -3.39. The number of nitrogens with one attached hydrogen (secondary N) is 1. The third-order valence-corrected chi connectivity index (χ3v) is 7.24. The highest BCUT2D eigenvalue weighted by atomic mass is 16.5. The van der Waals surface area contributed by atoms with E-state index < -0.39 is 0 Å². The molecule has 1 saturated carbocycles. The summed E-state index contributed by atoms with van der Waals surface area (Å²) < 4.78 is 5.56. The quantitative estimate of drug-likeness (QED) is 0.561. The van der Waals surface area contributed by atoms with Crippen LogP contribution < -0.4 is 15.1 Å². The first-order valence-electron chi connectivity index (χ1n) is 12.8. The maximum atomic E-state index is 10.1. The molecule has 0 spiro atoms. The molecule has 3 aromatic rings. The van der Waals surface area contributed by atoms with Crippen LogP contribution in [0.15, 0.2) is 42.6 Å². The molecule has 1 aliphatic carbocycles. The molecule has 4 heterocycles. The molecule has 0 bridgehead atoms. The number of morpholine rings is 1. The number of phenols is 1. The van der Waals surface area contributed by atoms with Gasteiger partial charge >= 0.3 is 0 Å². The van der Waals surface area contributed by atoms with Crippen molar-refractivity contribution >= 4 is 23.3 Å². The molecule has 2 fully saturated rings. The van der Waals surface area contributed by atoms with Gasteiger partial charge in [0.2, 0.25) is 5.95 Å². The molecule has 8 heteroatoms. The molecule has 1 saturated heterocycles. The van der Waals surface area contributed by atoms with E-state index in [9.17, 15) is 5.11 Å². The molecular weight excluding hydrogens is 440 g/mol. The summed E-state index contributed by atoms with van der Waals surface area (Å²) in [7, 11) is 0. The Morgan fingerprint density at radius 1 is 0.971 bits per heavy atom. The average molecular weight is 473 g/mol. The Morgan fingerprint density at radius 2 is 1.83 bits per heavy atom. The molecule has 0 radical (unpaired) electrons. The van der Waals surface area contributed by atoms with E-state index in [4.69, 9.17) is 14.7 Å². The molecule has 2 aliphatic heterocycles. The van der Waals surface area contributed by atoms with E-state index >= 15 is 0 Å². The van der Waals surface area contributed by atoms with E-state index in [0.717, 1.165) is 60.2 Å². The number of pyridine rings is 1. The standard InChI is InChI=1S/C27H32N6O2/c34-22-8-4-5-19(17-22)25-23-10-12-33(26(23)31-27(30-25)32-13-15-35-16-14-32)21-9-11-28-24(18-21)29-20-6-2-1-3-7-20/h4-5,8-9,11,17-18,20,34H,1-3,6-7,10,12-16H2,(H,28,29). The number of phenolic OH excluding ortho intramolecular Hbond substituents is 1. The number of aromatic nitrogens is 3. The van der Waals surface area contributed by atoms with Gasteiger partial charge in [0.15, 0.2) is 0 Å². The lowest BCUT2D eigenvalue weighted by Crippen LogP contribution is -2.37. The fraction of sp³-hybridized carbons (Fsp3) is 0.444. The first kappa shape index (κ1) is 22.1. The SMILES string of the molecule is Oc1cccc(-c2nc(N3CCOCC3)nc3c2CCN3c2ccnc(NC3CCCCC3)c2)c1. The Kier molecular flexibility index (Phi) is 6.12. The monoisotopic (exact) mass is 472 g/mol. The predicted molar refractivity (Wildman–Crippen MR) is 138 cm³/mol. The van der Waals surface area contributed by atoms with Crippen LogP contribution >= 0.6 is 0 Å². The number of nitrogens with zero attached hydrogens (tertiary/aromatic N) is 5. The molecule has 0 atom stereocenters. The van der Waals surface area contributed by atoms with Gasteiger partial charge in [0.1, 0.15) is 17.4 Å². The third kappa shape index (κ3) is 4.62. The van der Waals surface area contributed by atoms with Crippen LogP contribution in [0.25, 0.3) is 11.3 Å². The van der Waals surface area contributed by atoms with Gasteiger partial charge in [-0.05, 0) is 37.5 Å². The number of hydrogen-bond donors (Lipinski definition) is 2. The van der Waals surface area contributed by atoms with E-state index in [1.165, 1.54) is 32.1 Å². The lowest BCUT2D eigenvalue weighted by molar-refractivity contribution is 0.122. The van der Waals surface area contributed by atoms with Crippen LogP contribution in [0.3, 0.4) is 0 Å². The molecule has 0 amide bonds. The van der Waals surface area contributed by atoms with Gasteiger partial charge in [-0.1, -0.05) is 31.4 Å². The zero-order valence-corrected chi connectivity index (χ0v) is 20.0. The summed E-state index contributed by atoms with van der Waals surface area (Å²) in [5.41, 5.74) is 4.01. The number of aromatic hydroxyl groups is 1. The van der Waals surface area contributed by atoms with Crippen LogP contribution in [0, 0.1) is 0 Å². The zero-order chi connectivity index (χ0) is 23.6. The average Bonchev–Trinajstić information content (AvgIpc) is 3.34. The number of benzene rings is 1. The molecule has 1 aromatic carbocycles. The normalized spacial score (nSPS) is 18.5. The highest BCUT2D eigenvalue weighted by Crippen LogP contribution is 2.40. The molecule has 35 heavy (non-hydrogen) atoms. The minimum atomic E-state index is 0.241. The topological polar surface area (TPSA) is 86.6 Å². The lowest BCUT2D eigenvalue weighted by Gasteiger charge is -2.28. The highest BCUT2D eigenvalue weighted by molar-refractivity contribution is 5.78. The minimum absolute atomic E-state index is 0.241. The van der Waals surface area contributed by atoms with Crippen molar-refractivity contribution in [2.24, 2.45) is 0 Å². The molecule has 2 aromatic heterocycles. The summed E-state index contributed by atoms with van der Waals surface area (Å²) in [4.78, 5) is 19.1. The Bertz CT molecular complexity index is 1190. The summed E-state index contributed by atoms with van der Waals surface area (Å²) in [5.74, 6) is 2.82. The predicted octanol–water partition coefficient (Wildman–Crippen LogP) is 4.52. The zero-order valence-electron chi connectivity index (χ0n) is 20.0. The number of ether oxygens (including phenoxy) is 1. The molecular formula is C27H32N6O2. The largest absolute Gasteiger partial charge is 0.508 e. The summed E-state index contributed by atoms with van der Waals surface area (Å²) in [5, 5.41) is 13.8. The van der Waals surface area contributed by atoms with Gasteiger partial charge in [-0.25, -0.2) is 9.97 Å².